The Morgan fingerprint density at radius 2 is 1.95 bits per heavy atom. The predicted octanol–water partition coefficient (Wildman–Crippen LogP) is 4.26. The van der Waals surface area contributed by atoms with Crippen LogP contribution >= 0.6 is 11.6 Å². The maximum absolute atomic E-state index is 6.37. The summed E-state index contributed by atoms with van der Waals surface area (Å²) >= 11 is 6.37. The third-order valence-electron chi connectivity index (χ3n) is 4.10. The van der Waals surface area contributed by atoms with Gasteiger partial charge in [0, 0.05) is 11.1 Å². The van der Waals surface area contributed by atoms with Gasteiger partial charge in [0.25, 0.3) is 0 Å². The fraction of sp³-hybridized carbons (Fsp3) is 0.647. The van der Waals surface area contributed by atoms with Crippen LogP contribution < -0.4 is 5.32 Å². The smallest absolute Gasteiger partial charge is 0.0453 e. The second-order valence-electron chi connectivity index (χ2n) is 5.72. The Morgan fingerprint density at radius 3 is 2.65 bits per heavy atom. The molecule has 1 unspecified atom stereocenters. The molecule has 1 aromatic rings. The molecule has 2 nitrogen and oxygen atoms in total. The van der Waals surface area contributed by atoms with Crippen molar-refractivity contribution in [3.05, 3.63) is 34.9 Å². The monoisotopic (exact) mass is 294 g/mol. The van der Waals surface area contributed by atoms with Crippen molar-refractivity contribution < 1.29 is 0 Å². The van der Waals surface area contributed by atoms with Gasteiger partial charge in [-0.3, -0.25) is 0 Å². The fourth-order valence-corrected chi connectivity index (χ4v) is 3.21. The van der Waals surface area contributed by atoms with Crippen molar-refractivity contribution in [1.82, 2.24) is 10.2 Å². The summed E-state index contributed by atoms with van der Waals surface area (Å²) in [4.78, 5) is 2.60. The van der Waals surface area contributed by atoms with Crippen molar-refractivity contribution in [1.29, 1.82) is 0 Å². The highest BCUT2D eigenvalue weighted by molar-refractivity contribution is 6.31. The zero-order valence-corrected chi connectivity index (χ0v) is 13.3. The molecule has 0 radical (unpaired) electrons. The number of hydrogen-bond donors (Lipinski definition) is 1. The normalized spacial score (nSPS) is 18.1. The van der Waals surface area contributed by atoms with Gasteiger partial charge in [0.1, 0.15) is 0 Å². The van der Waals surface area contributed by atoms with Crippen LogP contribution in [0, 0.1) is 0 Å². The summed E-state index contributed by atoms with van der Waals surface area (Å²) in [6.45, 7) is 6.97. The van der Waals surface area contributed by atoms with Crippen LogP contribution in [0.15, 0.2) is 24.3 Å². The van der Waals surface area contributed by atoms with E-state index in [0.717, 1.165) is 24.4 Å². The van der Waals surface area contributed by atoms with Gasteiger partial charge in [-0.25, -0.2) is 0 Å². The van der Waals surface area contributed by atoms with E-state index in [-0.39, 0.29) is 0 Å². The second kappa shape index (κ2) is 8.66. The van der Waals surface area contributed by atoms with Crippen LogP contribution in [-0.4, -0.2) is 31.1 Å². The van der Waals surface area contributed by atoms with Crippen molar-refractivity contribution >= 4 is 11.6 Å². The molecule has 1 fully saturated rings. The van der Waals surface area contributed by atoms with Gasteiger partial charge in [-0.15, -0.1) is 0 Å². The Hall–Kier alpha value is -0.570. The van der Waals surface area contributed by atoms with E-state index in [1.54, 1.807) is 0 Å². The number of benzene rings is 1. The lowest BCUT2D eigenvalue weighted by molar-refractivity contribution is 0.217. The van der Waals surface area contributed by atoms with E-state index in [2.05, 4.69) is 29.3 Å². The summed E-state index contributed by atoms with van der Waals surface area (Å²) in [6.07, 6.45) is 6.42. The van der Waals surface area contributed by atoms with Crippen LogP contribution in [0.5, 0.6) is 0 Å². The molecule has 0 spiro atoms. The van der Waals surface area contributed by atoms with Crippen molar-refractivity contribution in [3.63, 3.8) is 0 Å². The van der Waals surface area contributed by atoms with Crippen LogP contribution in [0.2, 0.25) is 5.02 Å². The first-order valence-corrected chi connectivity index (χ1v) is 8.39. The summed E-state index contributed by atoms with van der Waals surface area (Å²) in [5.74, 6) is 0. The molecule has 1 N–H and O–H groups in total. The maximum atomic E-state index is 6.37. The van der Waals surface area contributed by atoms with E-state index in [9.17, 15) is 0 Å². The Bertz CT molecular complexity index is 388. The fourth-order valence-electron chi connectivity index (χ4n) is 2.94. The van der Waals surface area contributed by atoms with Crippen LogP contribution in [0.4, 0.5) is 0 Å². The lowest BCUT2D eigenvalue weighted by atomic mass is 10.0. The molecule has 0 saturated carbocycles. The van der Waals surface area contributed by atoms with Gasteiger partial charge in [0.05, 0.1) is 0 Å². The summed E-state index contributed by atoms with van der Waals surface area (Å²) in [6, 6.07) is 8.63. The number of rotatable bonds is 7. The number of halogens is 1. The topological polar surface area (TPSA) is 15.3 Å². The molecule has 1 aromatic carbocycles. The SMILES string of the molecule is CCCNC(CCN1CCCCC1)c1ccccc1Cl. The average Bonchev–Trinajstić information content (AvgIpc) is 2.49. The Balaban J connectivity index is 1.94. The molecule has 2 rings (SSSR count). The van der Waals surface area contributed by atoms with E-state index < -0.39 is 0 Å². The summed E-state index contributed by atoms with van der Waals surface area (Å²) < 4.78 is 0. The Kier molecular flexibility index (Phi) is 6.85. The van der Waals surface area contributed by atoms with E-state index in [1.165, 1.54) is 44.5 Å². The zero-order chi connectivity index (χ0) is 14.2. The van der Waals surface area contributed by atoms with Gasteiger partial charge in [0.15, 0.2) is 0 Å². The van der Waals surface area contributed by atoms with E-state index >= 15 is 0 Å². The van der Waals surface area contributed by atoms with E-state index in [0.29, 0.717) is 6.04 Å². The van der Waals surface area contributed by atoms with E-state index in [1.807, 2.05) is 12.1 Å². The van der Waals surface area contributed by atoms with Gasteiger partial charge in [-0.05, 0) is 63.5 Å². The number of hydrogen-bond acceptors (Lipinski definition) is 2. The molecule has 0 amide bonds. The molecular formula is C17H27ClN2. The molecule has 0 aliphatic carbocycles. The van der Waals surface area contributed by atoms with Gasteiger partial charge in [-0.1, -0.05) is 43.1 Å². The van der Waals surface area contributed by atoms with Crippen LogP contribution in [0.25, 0.3) is 0 Å². The molecule has 1 aliphatic rings. The Labute approximate surface area is 128 Å². The first kappa shape index (κ1) is 15.8. The number of nitrogens with zero attached hydrogens (tertiary/aromatic N) is 1. The number of likely N-dealkylation sites (tertiary alicyclic amines) is 1. The third kappa shape index (κ3) is 4.76. The molecule has 1 aliphatic heterocycles. The molecule has 0 bridgehead atoms. The molecule has 112 valence electrons. The van der Waals surface area contributed by atoms with Crippen molar-refractivity contribution in [2.24, 2.45) is 0 Å². The minimum absolute atomic E-state index is 0.380. The highest BCUT2D eigenvalue weighted by Crippen LogP contribution is 2.25. The summed E-state index contributed by atoms with van der Waals surface area (Å²) in [7, 11) is 0. The van der Waals surface area contributed by atoms with E-state index in [4.69, 9.17) is 11.6 Å². The van der Waals surface area contributed by atoms with Crippen molar-refractivity contribution in [2.45, 2.75) is 45.1 Å². The van der Waals surface area contributed by atoms with Crippen LogP contribution in [0.3, 0.4) is 0 Å². The highest BCUT2D eigenvalue weighted by Gasteiger charge is 2.16. The van der Waals surface area contributed by atoms with Crippen molar-refractivity contribution in [2.75, 3.05) is 26.2 Å². The molecule has 1 saturated heterocycles. The number of piperidine rings is 1. The lowest BCUT2D eigenvalue weighted by Crippen LogP contribution is -2.33. The van der Waals surface area contributed by atoms with Crippen LogP contribution in [0.1, 0.15) is 50.6 Å². The average molecular weight is 295 g/mol. The Morgan fingerprint density at radius 1 is 1.20 bits per heavy atom. The van der Waals surface area contributed by atoms with Crippen molar-refractivity contribution in [3.8, 4) is 0 Å². The standard InChI is InChI=1S/C17H27ClN2/c1-2-11-19-17(15-8-4-5-9-16(15)18)10-14-20-12-6-3-7-13-20/h4-5,8-9,17,19H,2-3,6-7,10-14H2,1H3. The first-order chi connectivity index (χ1) is 9.81. The molecular weight excluding hydrogens is 268 g/mol. The van der Waals surface area contributed by atoms with Gasteiger partial charge in [-0.2, -0.15) is 0 Å². The van der Waals surface area contributed by atoms with Gasteiger partial charge in [0.2, 0.25) is 0 Å². The molecule has 1 atom stereocenters. The van der Waals surface area contributed by atoms with Crippen LogP contribution in [-0.2, 0) is 0 Å². The quantitative estimate of drug-likeness (QED) is 0.808. The molecule has 3 heteroatoms. The minimum atomic E-state index is 0.380. The molecule has 0 aromatic heterocycles. The minimum Gasteiger partial charge on any atom is -0.310 e. The predicted molar refractivity (Wildman–Crippen MR) is 87.4 cm³/mol. The molecule has 1 heterocycles. The second-order valence-corrected chi connectivity index (χ2v) is 6.13. The first-order valence-electron chi connectivity index (χ1n) is 8.01. The lowest BCUT2D eigenvalue weighted by Gasteiger charge is -2.29. The summed E-state index contributed by atoms with van der Waals surface area (Å²) in [5.41, 5.74) is 1.25. The zero-order valence-electron chi connectivity index (χ0n) is 12.6. The largest absolute Gasteiger partial charge is 0.310 e. The third-order valence-corrected chi connectivity index (χ3v) is 4.45. The molecule has 20 heavy (non-hydrogen) atoms. The highest BCUT2D eigenvalue weighted by atomic mass is 35.5. The number of nitrogens with one attached hydrogen (secondary N) is 1. The van der Waals surface area contributed by atoms with Gasteiger partial charge >= 0.3 is 0 Å². The van der Waals surface area contributed by atoms with Gasteiger partial charge < -0.3 is 10.2 Å². The summed E-state index contributed by atoms with van der Waals surface area (Å²) in [5, 5.41) is 4.54. The maximum Gasteiger partial charge on any atom is 0.0453 e.